The van der Waals surface area contributed by atoms with Gasteiger partial charge in [-0.05, 0) is 13.7 Å². The van der Waals surface area contributed by atoms with Gasteiger partial charge in [0, 0.05) is 4.67 Å². The molecule has 0 aromatic heterocycles. The van der Waals surface area contributed by atoms with Gasteiger partial charge in [0.2, 0.25) is 0 Å². The van der Waals surface area contributed by atoms with Gasteiger partial charge in [-0.3, -0.25) is 0 Å². The zero-order valence-electron chi connectivity index (χ0n) is 23.1. The largest absolute Gasteiger partial charge is 1.00 e. The van der Waals surface area contributed by atoms with Crippen LogP contribution in [0.5, 0.6) is 0 Å². The summed E-state index contributed by atoms with van der Waals surface area (Å²) < 4.78 is 34.3. The number of hydrogen-bond donors (Lipinski definition) is 1. The molecule has 0 radical (unpaired) electrons. The zero-order chi connectivity index (χ0) is 12.9. The minimum Gasteiger partial charge on any atom is -1.00 e. The van der Waals surface area contributed by atoms with E-state index in [4.69, 9.17) is 44.1 Å². The van der Waals surface area contributed by atoms with Crippen molar-refractivity contribution >= 4 is 72.7 Å². The van der Waals surface area contributed by atoms with Gasteiger partial charge in [0.25, 0.3) is 0 Å². The molecule has 0 saturated carbocycles. The Labute approximate surface area is 644 Å². The van der Waals surface area contributed by atoms with Crippen molar-refractivity contribution in [3.63, 3.8) is 0 Å². The summed E-state index contributed by atoms with van der Waals surface area (Å²) in [5.41, 5.74) is 0. The third-order valence-corrected chi connectivity index (χ3v) is 0.565. The molecule has 0 aliphatic rings. The number of hydrogen-bond acceptors (Lipinski definition) is 12. The maximum atomic E-state index is 8.93. The molecule has 0 spiro atoms. The molecule has 0 heterocycles. The Hall–Kier alpha value is 14.5. The molecule has 0 amide bonds. The summed E-state index contributed by atoms with van der Waals surface area (Å²) in [5, 5.41) is 24.1. The molecule has 25 heteroatoms. The van der Waals surface area contributed by atoms with Gasteiger partial charge in [0.15, 0.2) is 0 Å². The molecule has 3 atom stereocenters. The van der Waals surface area contributed by atoms with Gasteiger partial charge in [0.05, 0.1) is 0 Å². The van der Waals surface area contributed by atoms with Crippen LogP contribution in [0.2, 0.25) is 0 Å². The van der Waals surface area contributed by atoms with E-state index in [9.17, 15) is 0 Å². The fraction of sp³-hybridized carbons (Fsp3) is 1.00. The maximum Gasteiger partial charge on any atom is 1.00 e. The fourth-order valence-electron chi connectivity index (χ4n) is 0. The monoisotopic (exact) mass is 1100 g/mol. The van der Waals surface area contributed by atoms with Crippen molar-refractivity contribution in [3.8, 4) is 0 Å². The van der Waals surface area contributed by atoms with Gasteiger partial charge in [0.1, 0.15) is 0 Å². The summed E-state index contributed by atoms with van der Waals surface area (Å²) in [6.45, 7) is 0. The molecule has 242 valence electrons. The van der Waals surface area contributed by atoms with Gasteiger partial charge < -0.3 is 36.6 Å². The molecule has 0 aromatic rings. The summed E-state index contributed by atoms with van der Waals surface area (Å²) in [6.07, 6.45) is 0. The van der Waals surface area contributed by atoms with E-state index in [0.717, 1.165) is 0 Å². The van der Waals surface area contributed by atoms with Crippen LogP contribution in [0.1, 0.15) is 123 Å². The first-order chi connectivity index (χ1) is 6.81. The second kappa shape index (κ2) is 210. The topological polar surface area (TPSA) is 214 Å². The van der Waals surface area contributed by atoms with E-state index in [-0.39, 0.29) is 582 Å². The molecule has 1 N–H and O–H groups in total. The van der Waals surface area contributed by atoms with E-state index in [2.05, 4.69) is 14.0 Å². The van der Waals surface area contributed by atoms with Crippen molar-refractivity contribution in [1.29, 1.82) is 0 Å². The van der Waals surface area contributed by atoms with Gasteiger partial charge in [-0.15, -0.1) is 48.0 Å². The van der Waals surface area contributed by atoms with Crippen LogP contribution in [-0.2, 0) is 27.7 Å². The van der Waals surface area contributed by atoms with Crippen LogP contribution >= 0.6 is 72.7 Å². The summed E-state index contributed by atoms with van der Waals surface area (Å²) in [7, 11) is -9.35. The number of rotatable bonds is 3. The minimum absolute atomic E-state index is 0. The molecule has 0 rings (SSSR count). The summed E-state index contributed by atoms with van der Waals surface area (Å²) in [6, 6.07) is 0. The Morgan fingerprint density at radius 3 is 0.450 bits per heavy atom. The second-order valence-corrected chi connectivity index (χ2v) is 2.70. The summed E-state index contributed by atoms with van der Waals surface area (Å²) >= 11 is 0. The molecule has 0 saturated heterocycles. The van der Waals surface area contributed by atoms with Gasteiger partial charge >= 0.3 is 436 Å². The molecule has 0 aliphatic heterocycles. The molecule has 0 aromatic carbocycles. The van der Waals surface area contributed by atoms with Crippen LogP contribution in [-0.4, -0.2) is 5.26 Å². The van der Waals surface area contributed by atoms with E-state index in [1.54, 1.807) is 0 Å². The van der Waals surface area contributed by atoms with Gasteiger partial charge in [-0.2, -0.15) is 0 Å². The van der Waals surface area contributed by atoms with Crippen molar-refractivity contribution in [1.82, 2.24) is 0 Å². The Morgan fingerprint density at radius 2 is 0.450 bits per heavy atom. The molecule has 40 heavy (non-hydrogen) atoms. The Bertz CT molecular complexity index is 251. The molecule has 0 fully saturated rings. The molecule has 3 unspecified atom stereocenters. The second-order valence-electron chi connectivity index (χ2n) is 0.902. The predicted octanol–water partition coefficient (Wildman–Crippen LogP) is -16.2. The Kier molecular flexibility index (Phi) is 1170. The molecule has 0 aliphatic carbocycles. The van der Waals surface area contributed by atoms with E-state index < -0.39 is 24.8 Å². The van der Waals surface area contributed by atoms with E-state index >= 15 is 0 Å². The predicted molar refractivity (Wildman–Crippen MR) is 169 cm³/mol. The molecular formula is C15H71I2K8O12P3-2. The average Bonchev–Trinajstić information content (AvgIpc) is 2.19. The first kappa shape index (κ1) is 222. The maximum absolute atomic E-state index is 8.93. The smallest absolute Gasteiger partial charge is 1.00 e. The van der Waals surface area contributed by atoms with Crippen LogP contribution in [0.15, 0.2) is 0 Å². The molecular weight excluding hydrogens is 1030 g/mol. The summed E-state index contributed by atoms with van der Waals surface area (Å²) in [4.78, 5) is 26.7. The van der Waals surface area contributed by atoms with Crippen molar-refractivity contribution < 1.29 is 481 Å². The van der Waals surface area contributed by atoms with E-state index in [0.29, 0.717) is 0 Å². The Balaban J connectivity index is -0.000000000985. The van der Waals surface area contributed by atoms with Gasteiger partial charge in [-0.1, -0.05) is 111 Å². The van der Waals surface area contributed by atoms with Crippen LogP contribution in [0, 0.1) is 0 Å². The standard InChI is InChI=1S/15CH4.2HI.8K.3HO4P.8H/c;;;;;;;;;;;;;;;;;;;;;;;;;3*1-4-5(2)3;;;;;;;;/h15*1H4;2*1H;;;;;;;;;3*1H;;;;;;;;/q;;;;;;;;;;;;;;;;;8*+1;;;;8*-1/p-2. The normalized spacial score (nSPS) is 4.20. The van der Waals surface area contributed by atoms with Crippen LogP contribution in [0.4, 0.5) is 0 Å². The SMILES string of the molecule is C.C.C.C.C.C.C.C.C.C.C.C.C.C.C.I.I.O=[P+]([O-])OO.O=[P+]([O-])O[O-].O=[P+]([O-])O[O-].[H-].[H-].[H-].[H-].[H-].[H-].[H-].[H-].[K+].[K+].[K+].[K+].[K+].[K+].[K+].[K+]. The quantitative estimate of drug-likeness (QED) is 0.0918. The molecule has 12 nitrogen and oxygen atoms in total. The van der Waals surface area contributed by atoms with Crippen LogP contribution in [0.3, 0.4) is 0 Å². The van der Waals surface area contributed by atoms with Gasteiger partial charge in [-0.25, -0.2) is 14.6 Å². The molecule has 0 bridgehead atoms. The zero-order valence-corrected chi connectivity index (χ0v) is 47.4. The minimum atomic E-state index is -3.15. The van der Waals surface area contributed by atoms with Crippen molar-refractivity contribution in [3.05, 3.63) is 0 Å². The third-order valence-electron chi connectivity index (χ3n) is 0.188. The van der Waals surface area contributed by atoms with Crippen LogP contribution in [0.25, 0.3) is 0 Å². The van der Waals surface area contributed by atoms with Crippen molar-refractivity contribution in [2.45, 2.75) is 111 Å². The first-order valence-electron chi connectivity index (χ1n) is 2.16. The fourth-order valence-corrected chi connectivity index (χ4v) is 0. The van der Waals surface area contributed by atoms with E-state index in [1.807, 2.05) is 0 Å². The summed E-state index contributed by atoms with van der Waals surface area (Å²) in [5.74, 6) is 0. The van der Waals surface area contributed by atoms with Crippen LogP contribution < -0.4 is 436 Å². The average molecular weight is 1100 g/mol. The van der Waals surface area contributed by atoms with Crippen molar-refractivity contribution in [2.24, 2.45) is 0 Å². The third kappa shape index (κ3) is 331. The Morgan fingerprint density at radius 1 is 0.400 bits per heavy atom. The number of halogens is 2. The van der Waals surface area contributed by atoms with Crippen molar-refractivity contribution in [2.75, 3.05) is 0 Å². The van der Waals surface area contributed by atoms with E-state index in [1.165, 1.54) is 0 Å². The first-order valence-corrected chi connectivity index (χ1v) is 5.45.